The predicted octanol–water partition coefficient (Wildman–Crippen LogP) is 5.18. The average Bonchev–Trinajstić information content (AvgIpc) is 2.64. The molecule has 1 fully saturated rings. The molecule has 0 unspecified atom stereocenters. The van der Waals surface area contributed by atoms with E-state index < -0.39 is 0 Å². The lowest BCUT2D eigenvalue weighted by Crippen LogP contribution is -2.34. The van der Waals surface area contributed by atoms with E-state index in [-0.39, 0.29) is 24.8 Å². The first-order valence-electron chi connectivity index (χ1n) is 8.63. The summed E-state index contributed by atoms with van der Waals surface area (Å²) in [5, 5.41) is 4.58. The van der Waals surface area contributed by atoms with Gasteiger partial charge in [-0.1, -0.05) is 30.3 Å². The van der Waals surface area contributed by atoms with Crippen LogP contribution in [0.15, 0.2) is 54.7 Å². The van der Waals surface area contributed by atoms with Crippen molar-refractivity contribution in [2.45, 2.75) is 25.9 Å². The number of hydrogen-bond donors (Lipinski definition) is 1. The van der Waals surface area contributed by atoms with Gasteiger partial charge in [-0.05, 0) is 62.2 Å². The van der Waals surface area contributed by atoms with Crippen LogP contribution in [-0.4, -0.2) is 24.2 Å². The summed E-state index contributed by atoms with van der Waals surface area (Å²) in [6, 6.07) is 16.7. The van der Waals surface area contributed by atoms with Crippen molar-refractivity contribution in [2.24, 2.45) is 0 Å². The van der Waals surface area contributed by atoms with Gasteiger partial charge in [0.1, 0.15) is 11.9 Å². The van der Waals surface area contributed by atoms with Gasteiger partial charge < -0.3 is 10.1 Å². The SMILES string of the molecule is Cc1c(-c2ccc(OC3CCNCC3)cc2)cnc2ccccc12.Cl.Cl. The molecule has 0 bridgehead atoms. The van der Waals surface area contributed by atoms with E-state index in [1.54, 1.807) is 0 Å². The topological polar surface area (TPSA) is 34.1 Å². The lowest BCUT2D eigenvalue weighted by Gasteiger charge is -2.23. The molecule has 3 nitrogen and oxygen atoms in total. The summed E-state index contributed by atoms with van der Waals surface area (Å²) >= 11 is 0. The molecule has 4 rings (SSSR count). The molecule has 3 aromatic rings. The Balaban J connectivity index is 0.00000121. The molecule has 1 aliphatic rings. The smallest absolute Gasteiger partial charge is 0.119 e. The van der Waals surface area contributed by atoms with Crippen molar-refractivity contribution in [2.75, 3.05) is 13.1 Å². The minimum atomic E-state index is 0. The third-order valence-electron chi connectivity index (χ3n) is 4.80. The molecular formula is C21H24Cl2N2O. The third-order valence-corrected chi connectivity index (χ3v) is 4.80. The van der Waals surface area contributed by atoms with Gasteiger partial charge in [0.2, 0.25) is 0 Å². The highest BCUT2D eigenvalue weighted by Gasteiger charge is 2.14. The molecule has 0 saturated carbocycles. The van der Waals surface area contributed by atoms with Gasteiger partial charge >= 0.3 is 0 Å². The van der Waals surface area contributed by atoms with E-state index in [1.807, 2.05) is 12.3 Å². The zero-order valence-corrected chi connectivity index (χ0v) is 16.4. The number of para-hydroxylation sites is 1. The van der Waals surface area contributed by atoms with Crippen molar-refractivity contribution < 1.29 is 4.74 Å². The van der Waals surface area contributed by atoms with Gasteiger partial charge in [0.15, 0.2) is 0 Å². The van der Waals surface area contributed by atoms with Gasteiger partial charge in [-0.25, -0.2) is 0 Å². The summed E-state index contributed by atoms with van der Waals surface area (Å²) in [5.41, 5.74) is 4.68. The lowest BCUT2D eigenvalue weighted by atomic mass is 9.99. The molecule has 1 aliphatic heterocycles. The Bertz CT molecular complexity index is 846. The fourth-order valence-corrected chi connectivity index (χ4v) is 3.39. The molecule has 1 N–H and O–H groups in total. The van der Waals surface area contributed by atoms with Gasteiger partial charge in [-0.15, -0.1) is 24.8 Å². The molecule has 0 radical (unpaired) electrons. The van der Waals surface area contributed by atoms with Crippen LogP contribution in [0.2, 0.25) is 0 Å². The largest absolute Gasteiger partial charge is 0.490 e. The Kier molecular flexibility index (Phi) is 7.27. The van der Waals surface area contributed by atoms with E-state index >= 15 is 0 Å². The maximum Gasteiger partial charge on any atom is 0.119 e. The van der Waals surface area contributed by atoms with E-state index in [0.717, 1.165) is 37.2 Å². The lowest BCUT2D eigenvalue weighted by molar-refractivity contribution is 0.162. The van der Waals surface area contributed by atoms with Crippen LogP contribution in [0.25, 0.3) is 22.0 Å². The summed E-state index contributed by atoms with van der Waals surface area (Å²) in [6.07, 6.45) is 4.46. The molecule has 138 valence electrons. The van der Waals surface area contributed by atoms with E-state index in [1.165, 1.54) is 22.1 Å². The second kappa shape index (κ2) is 9.22. The number of aryl methyl sites for hydroxylation is 1. The minimum absolute atomic E-state index is 0. The molecule has 0 spiro atoms. The maximum atomic E-state index is 6.09. The number of fused-ring (bicyclic) bond motifs is 1. The van der Waals surface area contributed by atoms with Crippen molar-refractivity contribution >= 4 is 35.7 Å². The van der Waals surface area contributed by atoms with Crippen LogP contribution in [-0.2, 0) is 0 Å². The third kappa shape index (κ3) is 4.29. The van der Waals surface area contributed by atoms with Crippen molar-refractivity contribution in [3.63, 3.8) is 0 Å². The van der Waals surface area contributed by atoms with Crippen LogP contribution < -0.4 is 10.1 Å². The number of rotatable bonds is 3. The molecule has 5 heteroatoms. The zero-order valence-electron chi connectivity index (χ0n) is 14.8. The zero-order chi connectivity index (χ0) is 16.4. The van der Waals surface area contributed by atoms with Crippen LogP contribution >= 0.6 is 24.8 Å². The van der Waals surface area contributed by atoms with Crippen molar-refractivity contribution in [3.05, 3.63) is 60.3 Å². The van der Waals surface area contributed by atoms with E-state index in [9.17, 15) is 0 Å². The molecule has 2 aromatic carbocycles. The Morgan fingerprint density at radius 3 is 2.38 bits per heavy atom. The summed E-state index contributed by atoms with van der Waals surface area (Å²) in [6.45, 7) is 4.26. The monoisotopic (exact) mass is 390 g/mol. The summed E-state index contributed by atoms with van der Waals surface area (Å²) in [7, 11) is 0. The van der Waals surface area contributed by atoms with Gasteiger partial charge in [-0.3, -0.25) is 4.98 Å². The number of pyridine rings is 1. The molecule has 1 saturated heterocycles. The second-order valence-corrected chi connectivity index (χ2v) is 6.41. The number of ether oxygens (including phenoxy) is 1. The molecule has 0 aliphatic carbocycles. The van der Waals surface area contributed by atoms with Crippen LogP contribution in [0.4, 0.5) is 0 Å². The van der Waals surface area contributed by atoms with Crippen LogP contribution in [0, 0.1) is 6.92 Å². The van der Waals surface area contributed by atoms with Gasteiger partial charge in [0, 0.05) is 17.1 Å². The maximum absolute atomic E-state index is 6.09. The average molecular weight is 391 g/mol. The number of aromatic nitrogens is 1. The Labute approximate surface area is 167 Å². The molecule has 2 heterocycles. The number of hydrogen-bond acceptors (Lipinski definition) is 3. The molecular weight excluding hydrogens is 367 g/mol. The first kappa shape index (κ1) is 20.5. The van der Waals surface area contributed by atoms with Gasteiger partial charge in [0.25, 0.3) is 0 Å². The minimum Gasteiger partial charge on any atom is -0.490 e. The Hall–Kier alpha value is -1.81. The standard InChI is InChI=1S/C21H22N2O.2ClH/c1-15-19-4-2-3-5-21(19)23-14-20(15)16-6-8-17(9-7-16)24-18-10-12-22-13-11-18;;/h2-9,14,18,22H,10-13H2,1H3;2*1H. The first-order valence-corrected chi connectivity index (χ1v) is 8.63. The highest BCUT2D eigenvalue weighted by Crippen LogP contribution is 2.29. The molecule has 26 heavy (non-hydrogen) atoms. The second-order valence-electron chi connectivity index (χ2n) is 6.41. The summed E-state index contributed by atoms with van der Waals surface area (Å²) in [4.78, 5) is 4.60. The van der Waals surface area contributed by atoms with Gasteiger partial charge in [-0.2, -0.15) is 0 Å². The number of piperidine rings is 1. The van der Waals surface area contributed by atoms with Crippen LogP contribution in [0.3, 0.4) is 0 Å². The summed E-state index contributed by atoms with van der Waals surface area (Å²) < 4.78 is 6.09. The highest BCUT2D eigenvalue weighted by molar-refractivity contribution is 5.88. The number of benzene rings is 2. The summed E-state index contributed by atoms with van der Waals surface area (Å²) in [5.74, 6) is 0.956. The quantitative estimate of drug-likeness (QED) is 0.668. The van der Waals surface area contributed by atoms with Crippen LogP contribution in [0.5, 0.6) is 5.75 Å². The fourth-order valence-electron chi connectivity index (χ4n) is 3.39. The van der Waals surface area contributed by atoms with Crippen LogP contribution in [0.1, 0.15) is 18.4 Å². The van der Waals surface area contributed by atoms with Gasteiger partial charge in [0.05, 0.1) is 5.52 Å². The van der Waals surface area contributed by atoms with E-state index in [0.29, 0.717) is 6.10 Å². The predicted molar refractivity (Wildman–Crippen MR) is 113 cm³/mol. The molecule has 1 aromatic heterocycles. The number of nitrogens with one attached hydrogen (secondary N) is 1. The van der Waals surface area contributed by atoms with Crippen molar-refractivity contribution in [1.29, 1.82) is 0 Å². The number of nitrogens with zero attached hydrogens (tertiary/aromatic N) is 1. The normalized spacial score (nSPS) is 14.3. The van der Waals surface area contributed by atoms with E-state index in [4.69, 9.17) is 4.74 Å². The highest BCUT2D eigenvalue weighted by atomic mass is 35.5. The number of halogens is 2. The van der Waals surface area contributed by atoms with E-state index in [2.05, 4.69) is 59.7 Å². The fraction of sp³-hybridized carbons (Fsp3) is 0.286. The molecule has 0 amide bonds. The van der Waals surface area contributed by atoms with Crippen molar-refractivity contribution in [1.82, 2.24) is 10.3 Å². The Morgan fingerprint density at radius 1 is 0.962 bits per heavy atom. The molecule has 0 atom stereocenters. The van der Waals surface area contributed by atoms with Crippen molar-refractivity contribution in [3.8, 4) is 16.9 Å². The first-order chi connectivity index (χ1) is 11.8. The Morgan fingerprint density at radius 2 is 1.65 bits per heavy atom.